The van der Waals surface area contributed by atoms with Gasteiger partial charge in [-0.2, -0.15) is 0 Å². The van der Waals surface area contributed by atoms with E-state index in [-0.39, 0.29) is 11.8 Å². The van der Waals surface area contributed by atoms with Crippen molar-refractivity contribution in [3.05, 3.63) is 0 Å². The van der Waals surface area contributed by atoms with Gasteiger partial charge in [-0.25, -0.2) is 0 Å². The first-order valence-corrected chi connectivity index (χ1v) is 5.50. The smallest absolute Gasteiger partial charge is 0.223 e. The third-order valence-corrected chi connectivity index (χ3v) is 2.96. The minimum Gasteiger partial charge on any atom is -0.386 e. The molecule has 1 saturated heterocycles. The van der Waals surface area contributed by atoms with Crippen LogP contribution in [0, 0.1) is 5.92 Å². The fourth-order valence-electron chi connectivity index (χ4n) is 1.83. The average molecular weight is 215 g/mol. The Kier molecular flexibility index (Phi) is 4.11. The van der Waals surface area contributed by atoms with E-state index < -0.39 is 5.60 Å². The van der Waals surface area contributed by atoms with Crippen LogP contribution < -0.4 is 0 Å². The van der Waals surface area contributed by atoms with Crippen LogP contribution in [0.5, 0.6) is 0 Å². The van der Waals surface area contributed by atoms with E-state index in [1.54, 1.807) is 12.0 Å². The maximum absolute atomic E-state index is 11.7. The Hall–Kier alpha value is -0.610. The van der Waals surface area contributed by atoms with Crippen molar-refractivity contribution in [2.75, 3.05) is 26.8 Å². The summed E-state index contributed by atoms with van der Waals surface area (Å²) in [6.07, 6.45) is 1.22. The molecule has 1 unspecified atom stereocenters. The summed E-state index contributed by atoms with van der Waals surface area (Å²) in [5, 5.41) is 9.76. The van der Waals surface area contributed by atoms with Crippen molar-refractivity contribution < 1.29 is 14.6 Å². The first-order chi connectivity index (χ1) is 7.00. The summed E-state index contributed by atoms with van der Waals surface area (Å²) in [6, 6.07) is 0. The first-order valence-electron chi connectivity index (χ1n) is 5.50. The van der Waals surface area contributed by atoms with Gasteiger partial charge in [0, 0.05) is 20.1 Å². The maximum Gasteiger partial charge on any atom is 0.223 e. The van der Waals surface area contributed by atoms with Crippen molar-refractivity contribution in [3.8, 4) is 0 Å². The molecule has 4 nitrogen and oxygen atoms in total. The average Bonchev–Trinajstić information content (AvgIpc) is 2.13. The number of methoxy groups -OCH3 is 1. The van der Waals surface area contributed by atoms with Crippen LogP contribution in [-0.4, -0.2) is 48.3 Å². The van der Waals surface area contributed by atoms with E-state index in [9.17, 15) is 9.90 Å². The molecule has 0 bridgehead atoms. The third-order valence-electron chi connectivity index (χ3n) is 2.96. The van der Waals surface area contributed by atoms with Crippen LogP contribution in [-0.2, 0) is 9.53 Å². The van der Waals surface area contributed by atoms with Crippen LogP contribution in [0.15, 0.2) is 0 Å². The zero-order chi connectivity index (χ0) is 11.5. The maximum atomic E-state index is 11.7. The van der Waals surface area contributed by atoms with E-state index in [0.717, 1.165) is 0 Å². The van der Waals surface area contributed by atoms with E-state index in [0.29, 0.717) is 32.5 Å². The Labute approximate surface area is 91.2 Å². The summed E-state index contributed by atoms with van der Waals surface area (Å²) >= 11 is 0. The van der Waals surface area contributed by atoms with Crippen molar-refractivity contribution in [3.63, 3.8) is 0 Å². The molecule has 0 spiro atoms. The predicted octanol–water partition coefficient (Wildman–Crippen LogP) is 0.642. The van der Waals surface area contributed by atoms with E-state index >= 15 is 0 Å². The van der Waals surface area contributed by atoms with Crippen LogP contribution in [0.4, 0.5) is 0 Å². The number of carbonyl (C=O) groups excluding carboxylic acids is 1. The lowest BCUT2D eigenvalue weighted by Crippen LogP contribution is -2.63. The molecule has 0 aromatic heterocycles. The van der Waals surface area contributed by atoms with Crippen molar-refractivity contribution >= 4 is 5.91 Å². The minimum atomic E-state index is -0.625. The number of nitrogens with zero attached hydrogens (tertiary/aromatic N) is 1. The van der Waals surface area contributed by atoms with Crippen LogP contribution in [0.2, 0.25) is 0 Å². The Morgan fingerprint density at radius 1 is 1.60 bits per heavy atom. The van der Waals surface area contributed by atoms with Gasteiger partial charge in [-0.05, 0) is 12.3 Å². The summed E-state index contributed by atoms with van der Waals surface area (Å²) in [5.41, 5.74) is -0.625. The van der Waals surface area contributed by atoms with Gasteiger partial charge in [0.2, 0.25) is 5.91 Å². The monoisotopic (exact) mass is 215 g/mol. The number of aliphatic hydroxyl groups is 1. The number of hydrogen-bond acceptors (Lipinski definition) is 3. The highest BCUT2D eigenvalue weighted by Gasteiger charge is 2.41. The Morgan fingerprint density at radius 2 is 2.20 bits per heavy atom. The number of rotatable bonds is 5. The molecular formula is C11H21NO3. The molecule has 0 radical (unpaired) electrons. The molecule has 1 aliphatic heterocycles. The third kappa shape index (κ3) is 3.18. The van der Waals surface area contributed by atoms with Crippen LogP contribution in [0.25, 0.3) is 0 Å². The number of β-amino-alcohol motifs (C(OH)–C–C–N with tert-alkyl or cyclic N) is 1. The number of ether oxygens (including phenoxy) is 1. The molecule has 88 valence electrons. The van der Waals surface area contributed by atoms with Gasteiger partial charge in [0.1, 0.15) is 0 Å². The van der Waals surface area contributed by atoms with Crippen LogP contribution >= 0.6 is 0 Å². The SMILES string of the molecule is CCC1(O)CN(C(=O)CC(C)COC)C1. The molecule has 4 heteroatoms. The lowest BCUT2D eigenvalue weighted by molar-refractivity contribution is -0.156. The molecule has 15 heavy (non-hydrogen) atoms. The predicted molar refractivity (Wildman–Crippen MR) is 57.5 cm³/mol. The van der Waals surface area contributed by atoms with E-state index in [1.807, 2.05) is 13.8 Å². The molecule has 1 amide bonds. The molecule has 0 aromatic carbocycles. The molecule has 0 saturated carbocycles. The highest BCUT2D eigenvalue weighted by molar-refractivity contribution is 5.77. The number of hydrogen-bond donors (Lipinski definition) is 1. The molecule has 0 aliphatic carbocycles. The molecule has 1 rings (SSSR count). The van der Waals surface area contributed by atoms with Gasteiger partial charge >= 0.3 is 0 Å². The minimum absolute atomic E-state index is 0.123. The van der Waals surface area contributed by atoms with Gasteiger partial charge in [-0.3, -0.25) is 4.79 Å². The molecule has 1 aliphatic rings. The summed E-state index contributed by atoms with van der Waals surface area (Å²) in [5.74, 6) is 0.371. The quantitative estimate of drug-likeness (QED) is 0.732. The van der Waals surface area contributed by atoms with Crippen LogP contribution in [0.1, 0.15) is 26.7 Å². The molecule has 1 heterocycles. The van der Waals surface area contributed by atoms with Crippen molar-refractivity contribution in [1.82, 2.24) is 4.90 Å². The molecule has 1 atom stereocenters. The van der Waals surface area contributed by atoms with E-state index in [2.05, 4.69) is 0 Å². The second-order valence-corrected chi connectivity index (χ2v) is 4.59. The van der Waals surface area contributed by atoms with Gasteiger partial charge < -0.3 is 14.7 Å². The van der Waals surface area contributed by atoms with E-state index in [4.69, 9.17) is 4.74 Å². The molecular weight excluding hydrogens is 194 g/mol. The lowest BCUT2D eigenvalue weighted by Gasteiger charge is -2.46. The summed E-state index contributed by atoms with van der Waals surface area (Å²) in [7, 11) is 1.64. The molecule has 0 aromatic rings. The zero-order valence-electron chi connectivity index (χ0n) is 9.82. The first kappa shape index (κ1) is 12.5. The normalized spacial score (nSPS) is 20.9. The van der Waals surface area contributed by atoms with Crippen LogP contribution in [0.3, 0.4) is 0 Å². The van der Waals surface area contributed by atoms with Gasteiger partial charge in [0.25, 0.3) is 0 Å². The van der Waals surface area contributed by atoms with Crippen molar-refractivity contribution in [1.29, 1.82) is 0 Å². The van der Waals surface area contributed by atoms with Gasteiger partial charge in [0.05, 0.1) is 18.7 Å². The fraction of sp³-hybridized carbons (Fsp3) is 0.909. The Balaban J connectivity index is 2.26. The van der Waals surface area contributed by atoms with Crippen molar-refractivity contribution in [2.24, 2.45) is 5.92 Å². The summed E-state index contributed by atoms with van der Waals surface area (Å²) in [4.78, 5) is 13.4. The highest BCUT2D eigenvalue weighted by atomic mass is 16.5. The molecule has 1 N–H and O–H groups in total. The number of carbonyl (C=O) groups is 1. The van der Waals surface area contributed by atoms with Gasteiger partial charge in [-0.1, -0.05) is 13.8 Å². The number of likely N-dealkylation sites (tertiary alicyclic amines) is 1. The Bertz CT molecular complexity index is 224. The fourth-order valence-corrected chi connectivity index (χ4v) is 1.83. The summed E-state index contributed by atoms with van der Waals surface area (Å²) in [6.45, 7) is 5.52. The number of amides is 1. The van der Waals surface area contributed by atoms with E-state index in [1.165, 1.54) is 0 Å². The summed E-state index contributed by atoms with van der Waals surface area (Å²) < 4.78 is 4.98. The highest BCUT2D eigenvalue weighted by Crippen LogP contribution is 2.25. The van der Waals surface area contributed by atoms with Gasteiger partial charge in [0.15, 0.2) is 0 Å². The topological polar surface area (TPSA) is 49.8 Å². The van der Waals surface area contributed by atoms with Gasteiger partial charge in [-0.15, -0.1) is 0 Å². The zero-order valence-corrected chi connectivity index (χ0v) is 9.82. The largest absolute Gasteiger partial charge is 0.386 e. The lowest BCUT2D eigenvalue weighted by atomic mass is 9.90. The standard InChI is InChI=1S/C11H21NO3/c1-4-11(14)7-12(8-11)10(13)5-9(2)6-15-3/h9,14H,4-8H2,1-3H3. The Morgan fingerprint density at radius 3 is 2.67 bits per heavy atom. The second-order valence-electron chi connectivity index (χ2n) is 4.59. The second kappa shape index (κ2) is 4.94. The van der Waals surface area contributed by atoms with Crippen molar-refractivity contribution in [2.45, 2.75) is 32.3 Å². The molecule has 1 fully saturated rings.